The summed E-state index contributed by atoms with van der Waals surface area (Å²) in [5, 5.41) is 5.59. The van der Waals surface area contributed by atoms with Crippen molar-refractivity contribution in [1.29, 1.82) is 0 Å². The molecular weight excluding hydrogens is 513 g/mol. The van der Waals surface area contributed by atoms with E-state index >= 15 is 0 Å². The molecule has 7 heteroatoms. The average molecular weight is 536 g/mol. The van der Waals surface area contributed by atoms with Crippen molar-refractivity contribution in [1.82, 2.24) is 23.9 Å². The first-order valence-electron chi connectivity index (χ1n) is 10.8. The number of alkyl halides is 2. The monoisotopic (exact) mass is 536 g/mol. The molecular formula is C25H23IN5O-. The number of para-hydroxylation sites is 1. The first kappa shape index (κ1) is 19.7. The van der Waals surface area contributed by atoms with E-state index in [2.05, 4.69) is 32.8 Å². The first-order chi connectivity index (χ1) is 15.7. The second-order valence-electron chi connectivity index (χ2n) is 8.24. The normalized spacial score (nSPS) is 15.3. The van der Waals surface area contributed by atoms with E-state index in [1.165, 1.54) is 8.86 Å². The molecule has 0 N–H and O–H groups in total. The van der Waals surface area contributed by atoms with Gasteiger partial charge in [-0.25, -0.2) is 0 Å². The Kier molecular flexibility index (Phi) is 4.86. The number of benzene rings is 2. The van der Waals surface area contributed by atoms with Crippen LogP contribution in [0.5, 0.6) is 0 Å². The summed E-state index contributed by atoms with van der Waals surface area (Å²) >= 11 is 0.316. The molecule has 3 aromatic heterocycles. The van der Waals surface area contributed by atoms with Crippen LogP contribution in [0.4, 0.5) is 0 Å². The Hall–Kier alpha value is -2.94. The zero-order valence-corrected chi connectivity index (χ0v) is 19.9. The van der Waals surface area contributed by atoms with Crippen molar-refractivity contribution in [3.05, 3.63) is 77.6 Å². The molecule has 0 unspecified atom stereocenters. The zero-order chi connectivity index (χ0) is 21.7. The van der Waals surface area contributed by atoms with Crippen molar-refractivity contribution in [2.75, 3.05) is 8.86 Å². The van der Waals surface area contributed by atoms with Gasteiger partial charge in [0.05, 0.1) is 0 Å². The number of hydrogen-bond acceptors (Lipinski definition) is 3. The predicted molar refractivity (Wildman–Crippen MR) is 123 cm³/mol. The van der Waals surface area contributed by atoms with Crippen LogP contribution in [-0.4, -0.2) is 32.8 Å². The quantitative estimate of drug-likeness (QED) is 0.257. The van der Waals surface area contributed by atoms with E-state index in [0.29, 0.717) is 21.2 Å². The summed E-state index contributed by atoms with van der Waals surface area (Å²) in [7, 11) is 1.86. The molecule has 162 valence electrons. The molecule has 4 heterocycles. The summed E-state index contributed by atoms with van der Waals surface area (Å²) in [5.41, 5.74) is 6.05. The molecule has 0 amide bonds. The fraction of sp³-hybridized carbons (Fsp3) is 0.240. The van der Waals surface area contributed by atoms with Gasteiger partial charge in [-0.2, -0.15) is 0 Å². The molecule has 2 aromatic carbocycles. The van der Waals surface area contributed by atoms with E-state index in [0.717, 1.165) is 51.6 Å². The molecule has 0 spiro atoms. The molecule has 1 aliphatic rings. The standard InChI is InChI=1S/C25H23IN5O/c1-29-23-15-27-22-8-7-17(18-14-28-30(16-18)19-5-3-2-4-6-19)13-21(22)24(23)31(25(29)32)20-9-11-26-12-10-20/h2-8,13-16,20H,9-12H2,1H3/q-1. The van der Waals surface area contributed by atoms with Gasteiger partial charge < -0.3 is 0 Å². The average Bonchev–Trinajstić information content (AvgIpc) is 3.44. The summed E-state index contributed by atoms with van der Waals surface area (Å²) in [6.07, 6.45) is 8.01. The molecule has 0 bridgehead atoms. The van der Waals surface area contributed by atoms with Gasteiger partial charge in [-0.1, -0.05) is 18.2 Å². The van der Waals surface area contributed by atoms with Gasteiger partial charge in [0.1, 0.15) is 0 Å². The fourth-order valence-electron chi connectivity index (χ4n) is 4.64. The number of aromatic nitrogens is 5. The SMILES string of the molecule is Cn1c(=O)n(C2CC[I-]CC2)c2c3cc(-c4cnn(-c5ccccc5)c4)ccc3ncc21. The molecule has 0 aliphatic carbocycles. The van der Waals surface area contributed by atoms with Crippen LogP contribution in [0.25, 0.3) is 38.8 Å². The second-order valence-corrected chi connectivity index (χ2v) is 11.5. The maximum atomic E-state index is 13.2. The number of rotatable bonds is 3. The fourth-order valence-corrected chi connectivity index (χ4v) is 7.50. The number of aryl methyl sites for hydroxylation is 1. The van der Waals surface area contributed by atoms with Crippen LogP contribution in [0.1, 0.15) is 18.9 Å². The van der Waals surface area contributed by atoms with Crippen molar-refractivity contribution in [3.8, 4) is 16.8 Å². The third kappa shape index (κ3) is 3.18. The molecule has 0 atom stereocenters. The number of nitrogens with zero attached hydrogens (tertiary/aromatic N) is 5. The summed E-state index contributed by atoms with van der Waals surface area (Å²) in [5.74, 6) is 0. The second kappa shape index (κ2) is 7.88. The van der Waals surface area contributed by atoms with Crippen LogP contribution >= 0.6 is 0 Å². The molecule has 1 fully saturated rings. The molecule has 1 saturated heterocycles. The van der Waals surface area contributed by atoms with Crippen LogP contribution in [0.15, 0.2) is 71.9 Å². The van der Waals surface area contributed by atoms with E-state index in [-0.39, 0.29) is 11.7 Å². The molecule has 32 heavy (non-hydrogen) atoms. The third-order valence-electron chi connectivity index (χ3n) is 6.37. The van der Waals surface area contributed by atoms with Crippen molar-refractivity contribution in [3.63, 3.8) is 0 Å². The molecule has 0 radical (unpaired) electrons. The van der Waals surface area contributed by atoms with E-state index in [9.17, 15) is 4.79 Å². The summed E-state index contributed by atoms with van der Waals surface area (Å²) in [6.45, 7) is 0. The van der Waals surface area contributed by atoms with E-state index in [1.54, 1.807) is 4.57 Å². The number of pyridine rings is 1. The van der Waals surface area contributed by atoms with Gasteiger partial charge in [-0.15, -0.1) is 0 Å². The van der Waals surface area contributed by atoms with Crippen molar-refractivity contribution in [2.24, 2.45) is 7.05 Å². The number of fused-ring (bicyclic) bond motifs is 3. The van der Waals surface area contributed by atoms with Gasteiger partial charge >= 0.3 is 166 Å². The summed E-state index contributed by atoms with van der Waals surface area (Å²) < 4.78 is 8.28. The maximum absolute atomic E-state index is 13.2. The minimum absolute atomic E-state index is 0.0710. The van der Waals surface area contributed by atoms with Crippen LogP contribution in [0, 0.1) is 0 Å². The molecule has 1 aliphatic heterocycles. The Balaban J connectivity index is 1.54. The molecule has 0 saturated carbocycles. The van der Waals surface area contributed by atoms with Crippen molar-refractivity contribution < 1.29 is 21.2 Å². The van der Waals surface area contributed by atoms with Crippen molar-refractivity contribution >= 4 is 21.9 Å². The number of hydrogen-bond donors (Lipinski definition) is 0. The minimum atomic E-state index is 0.0710. The van der Waals surface area contributed by atoms with Crippen LogP contribution in [0.3, 0.4) is 0 Å². The molecule has 6 rings (SSSR count). The van der Waals surface area contributed by atoms with E-state index < -0.39 is 0 Å². The zero-order valence-electron chi connectivity index (χ0n) is 17.8. The van der Waals surface area contributed by atoms with E-state index in [1.807, 2.05) is 60.7 Å². The molecule has 5 aromatic rings. The van der Waals surface area contributed by atoms with Gasteiger partial charge in [-0.05, 0) is 12.1 Å². The van der Waals surface area contributed by atoms with E-state index in [4.69, 9.17) is 0 Å². The predicted octanol–water partition coefficient (Wildman–Crippen LogP) is 1.16. The van der Waals surface area contributed by atoms with Gasteiger partial charge in [0.15, 0.2) is 0 Å². The van der Waals surface area contributed by atoms with Crippen LogP contribution in [0.2, 0.25) is 0 Å². The Morgan fingerprint density at radius 1 is 1.00 bits per heavy atom. The summed E-state index contributed by atoms with van der Waals surface area (Å²) in [6, 6.07) is 16.7. The van der Waals surface area contributed by atoms with Gasteiger partial charge in [-0.3, -0.25) is 0 Å². The van der Waals surface area contributed by atoms with Gasteiger partial charge in [0, 0.05) is 0 Å². The van der Waals surface area contributed by atoms with Crippen LogP contribution in [-0.2, 0) is 7.05 Å². The Bertz CT molecular complexity index is 1490. The molecule has 6 nitrogen and oxygen atoms in total. The third-order valence-corrected chi connectivity index (χ3v) is 9.14. The summed E-state index contributed by atoms with van der Waals surface area (Å²) in [4.78, 5) is 17.9. The van der Waals surface area contributed by atoms with Crippen molar-refractivity contribution in [2.45, 2.75) is 18.9 Å². The number of halogens is 1. The topological polar surface area (TPSA) is 57.6 Å². The van der Waals surface area contributed by atoms with Gasteiger partial charge in [0.25, 0.3) is 0 Å². The number of imidazole rings is 1. The Labute approximate surface area is 195 Å². The van der Waals surface area contributed by atoms with Gasteiger partial charge in [0.2, 0.25) is 0 Å². The Morgan fingerprint density at radius 3 is 2.62 bits per heavy atom. The Morgan fingerprint density at radius 2 is 1.81 bits per heavy atom. The first-order valence-corrected chi connectivity index (χ1v) is 13.9. The van der Waals surface area contributed by atoms with Crippen LogP contribution < -0.4 is 26.9 Å².